The van der Waals surface area contributed by atoms with Gasteiger partial charge in [0.15, 0.2) is 0 Å². The fraction of sp³-hybridized carbons (Fsp3) is 0.733. The summed E-state index contributed by atoms with van der Waals surface area (Å²) in [5.41, 5.74) is 1.24. The minimum atomic E-state index is 0.727. The molecule has 5 nitrogen and oxygen atoms in total. The van der Waals surface area contributed by atoms with Gasteiger partial charge in [-0.2, -0.15) is 0 Å². The highest BCUT2D eigenvalue weighted by Crippen LogP contribution is 2.16. The predicted octanol–water partition coefficient (Wildman–Crippen LogP) is 1.79. The van der Waals surface area contributed by atoms with Crippen molar-refractivity contribution in [1.29, 1.82) is 0 Å². The third-order valence-corrected chi connectivity index (χ3v) is 3.24. The molecule has 5 heteroatoms. The zero-order valence-electron chi connectivity index (χ0n) is 13.2. The van der Waals surface area contributed by atoms with E-state index in [0.717, 1.165) is 57.5 Å². The Bertz CT molecular complexity index is 358. The van der Waals surface area contributed by atoms with Gasteiger partial charge in [0, 0.05) is 39.4 Å². The second-order valence-electron chi connectivity index (χ2n) is 4.84. The zero-order valence-corrected chi connectivity index (χ0v) is 13.2. The van der Waals surface area contributed by atoms with Crippen molar-refractivity contribution < 1.29 is 13.9 Å². The van der Waals surface area contributed by atoms with E-state index in [1.54, 1.807) is 14.2 Å². The Morgan fingerprint density at radius 2 is 1.85 bits per heavy atom. The van der Waals surface area contributed by atoms with Crippen molar-refractivity contribution in [2.45, 2.75) is 26.9 Å². The highest BCUT2D eigenvalue weighted by atomic mass is 16.5. The SMILES string of the molecule is CCNCc1cc(CN(CCOC)CCOC)c(C)o1. The summed E-state index contributed by atoms with van der Waals surface area (Å²) in [6.45, 7) is 9.96. The fourth-order valence-corrected chi connectivity index (χ4v) is 2.03. The Hall–Kier alpha value is -0.880. The number of nitrogens with zero attached hydrogens (tertiary/aromatic N) is 1. The topological polar surface area (TPSA) is 46.9 Å². The molecule has 1 rings (SSSR count). The molecular formula is C15H28N2O3. The molecule has 20 heavy (non-hydrogen) atoms. The highest BCUT2D eigenvalue weighted by Gasteiger charge is 2.12. The van der Waals surface area contributed by atoms with Gasteiger partial charge in [0.25, 0.3) is 0 Å². The van der Waals surface area contributed by atoms with Crippen LogP contribution in [-0.2, 0) is 22.6 Å². The van der Waals surface area contributed by atoms with E-state index in [1.807, 2.05) is 6.92 Å². The second kappa shape index (κ2) is 9.94. The Morgan fingerprint density at radius 3 is 2.40 bits per heavy atom. The van der Waals surface area contributed by atoms with Crippen LogP contribution in [0, 0.1) is 6.92 Å². The maximum atomic E-state index is 5.77. The van der Waals surface area contributed by atoms with E-state index >= 15 is 0 Å². The maximum Gasteiger partial charge on any atom is 0.118 e. The number of hydrogen-bond acceptors (Lipinski definition) is 5. The number of nitrogens with one attached hydrogen (secondary N) is 1. The van der Waals surface area contributed by atoms with Crippen molar-refractivity contribution in [2.24, 2.45) is 0 Å². The zero-order chi connectivity index (χ0) is 14.8. The van der Waals surface area contributed by atoms with Gasteiger partial charge >= 0.3 is 0 Å². The molecule has 1 aromatic rings. The summed E-state index contributed by atoms with van der Waals surface area (Å²) in [6, 6.07) is 2.14. The van der Waals surface area contributed by atoms with E-state index in [-0.39, 0.29) is 0 Å². The van der Waals surface area contributed by atoms with Crippen molar-refractivity contribution >= 4 is 0 Å². The van der Waals surface area contributed by atoms with E-state index in [2.05, 4.69) is 23.2 Å². The normalized spacial score (nSPS) is 11.4. The molecule has 0 saturated heterocycles. The Morgan fingerprint density at radius 1 is 1.20 bits per heavy atom. The largest absolute Gasteiger partial charge is 0.465 e. The van der Waals surface area contributed by atoms with Crippen molar-refractivity contribution in [3.8, 4) is 0 Å². The lowest BCUT2D eigenvalue weighted by molar-refractivity contribution is 0.110. The molecular weight excluding hydrogens is 256 g/mol. The first-order valence-electron chi connectivity index (χ1n) is 7.20. The molecule has 0 radical (unpaired) electrons. The predicted molar refractivity (Wildman–Crippen MR) is 79.9 cm³/mol. The van der Waals surface area contributed by atoms with Crippen LogP contribution < -0.4 is 5.32 Å². The van der Waals surface area contributed by atoms with E-state index in [0.29, 0.717) is 0 Å². The molecule has 0 bridgehead atoms. The van der Waals surface area contributed by atoms with Crippen LogP contribution in [0.25, 0.3) is 0 Å². The van der Waals surface area contributed by atoms with Crippen LogP contribution in [0.2, 0.25) is 0 Å². The summed E-state index contributed by atoms with van der Waals surface area (Å²) in [4.78, 5) is 2.32. The van der Waals surface area contributed by atoms with Crippen molar-refractivity contribution in [1.82, 2.24) is 10.2 Å². The average Bonchev–Trinajstić information content (AvgIpc) is 2.79. The molecule has 0 fully saturated rings. The summed E-state index contributed by atoms with van der Waals surface area (Å²) in [5.74, 6) is 2.00. The Labute approximate surface area is 122 Å². The third kappa shape index (κ3) is 6.05. The minimum absolute atomic E-state index is 0.727. The van der Waals surface area contributed by atoms with Crippen molar-refractivity contribution in [2.75, 3.05) is 47.1 Å². The van der Waals surface area contributed by atoms with Gasteiger partial charge in [0.1, 0.15) is 11.5 Å². The molecule has 1 aromatic heterocycles. The van der Waals surface area contributed by atoms with Crippen LogP contribution >= 0.6 is 0 Å². The Kier molecular flexibility index (Phi) is 8.53. The van der Waals surface area contributed by atoms with Crippen LogP contribution in [0.15, 0.2) is 10.5 Å². The lowest BCUT2D eigenvalue weighted by atomic mass is 10.2. The molecule has 0 saturated carbocycles. The lowest BCUT2D eigenvalue weighted by Gasteiger charge is -2.21. The molecule has 0 spiro atoms. The monoisotopic (exact) mass is 284 g/mol. The molecule has 0 aliphatic rings. The Balaban J connectivity index is 2.58. The fourth-order valence-electron chi connectivity index (χ4n) is 2.03. The number of methoxy groups -OCH3 is 2. The molecule has 0 amide bonds. The molecule has 116 valence electrons. The molecule has 0 aliphatic heterocycles. The van der Waals surface area contributed by atoms with Crippen molar-refractivity contribution in [3.05, 3.63) is 23.2 Å². The van der Waals surface area contributed by atoms with Gasteiger partial charge < -0.3 is 19.2 Å². The molecule has 0 atom stereocenters. The van der Waals surface area contributed by atoms with Gasteiger partial charge in [-0.3, -0.25) is 4.90 Å². The minimum Gasteiger partial charge on any atom is -0.465 e. The van der Waals surface area contributed by atoms with Crippen molar-refractivity contribution in [3.63, 3.8) is 0 Å². The number of ether oxygens (including phenoxy) is 2. The average molecular weight is 284 g/mol. The molecule has 1 heterocycles. The summed E-state index contributed by atoms with van der Waals surface area (Å²) in [7, 11) is 3.46. The standard InChI is InChI=1S/C15H28N2O3/c1-5-16-11-15-10-14(13(2)20-15)12-17(6-8-18-3)7-9-19-4/h10,16H,5-9,11-12H2,1-4H3. The van der Waals surface area contributed by atoms with E-state index < -0.39 is 0 Å². The third-order valence-electron chi connectivity index (χ3n) is 3.24. The van der Waals surface area contributed by atoms with Gasteiger partial charge in [-0.25, -0.2) is 0 Å². The summed E-state index contributed by atoms with van der Waals surface area (Å²) in [5, 5.41) is 3.28. The lowest BCUT2D eigenvalue weighted by Crippen LogP contribution is -2.30. The number of rotatable bonds is 11. The van der Waals surface area contributed by atoms with Gasteiger partial charge in [-0.05, 0) is 19.5 Å². The first-order chi connectivity index (χ1) is 9.71. The summed E-state index contributed by atoms with van der Waals surface area (Å²) < 4.78 is 16.1. The number of aryl methyl sites for hydroxylation is 1. The highest BCUT2D eigenvalue weighted by molar-refractivity contribution is 5.20. The molecule has 0 unspecified atom stereocenters. The molecule has 0 aromatic carbocycles. The van der Waals surface area contributed by atoms with E-state index in [9.17, 15) is 0 Å². The maximum absolute atomic E-state index is 5.77. The second-order valence-corrected chi connectivity index (χ2v) is 4.84. The van der Waals surface area contributed by atoms with Crippen LogP contribution in [0.5, 0.6) is 0 Å². The summed E-state index contributed by atoms with van der Waals surface area (Å²) >= 11 is 0. The first kappa shape index (κ1) is 17.2. The van der Waals surface area contributed by atoms with Crippen LogP contribution in [-0.4, -0.2) is 52.0 Å². The number of hydrogen-bond donors (Lipinski definition) is 1. The first-order valence-corrected chi connectivity index (χ1v) is 7.20. The summed E-state index contributed by atoms with van der Waals surface area (Å²) in [6.07, 6.45) is 0. The van der Waals surface area contributed by atoms with Gasteiger partial charge in [-0.15, -0.1) is 0 Å². The molecule has 1 N–H and O–H groups in total. The quantitative estimate of drug-likeness (QED) is 0.671. The van der Waals surface area contributed by atoms with Gasteiger partial charge in [-0.1, -0.05) is 6.92 Å². The van der Waals surface area contributed by atoms with Crippen LogP contribution in [0.3, 0.4) is 0 Å². The molecule has 0 aliphatic carbocycles. The smallest absolute Gasteiger partial charge is 0.118 e. The van der Waals surface area contributed by atoms with E-state index in [4.69, 9.17) is 13.9 Å². The van der Waals surface area contributed by atoms with Crippen LogP contribution in [0.4, 0.5) is 0 Å². The van der Waals surface area contributed by atoms with Crippen LogP contribution in [0.1, 0.15) is 24.0 Å². The van der Waals surface area contributed by atoms with Gasteiger partial charge in [0.2, 0.25) is 0 Å². The van der Waals surface area contributed by atoms with Gasteiger partial charge in [0.05, 0.1) is 19.8 Å². The number of furan rings is 1. The van der Waals surface area contributed by atoms with E-state index in [1.165, 1.54) is 5.56 Å².